The van der Waals surface area contributed by atoms with E-state index in [-0.39, 0.29) is 5.78 Å². The van der Waals surface area contributed by atoms with Crippen LogP contribution in [0, 0.1) is 0 Å². The standard InChI is InChI=1S/C14H15NOS/c1-2-12-4-3-8-15-14(12)13(16)6-5-11-7-9-17-10-11/h3-4,7-10H,2,5-6H2,1H3. The van der Waals surface area contributed by atoms with Crippen LogP contribution < -0.4 is 0 Å². The van der Waals surface area contributed by atoms with Crippen LogP contribution in [0.5, 0.6) is 0 Å². The molecule has 2 nitrogen and oxygen atoms in total. The fourth-order valence-electron chi connectivity index (χ4n) is 1.79. The van der Waals surface area contributed by atoms with Gasteiger partial charge in [-0.15, -0.1) is 0 Å². The molecule has 17 heavy (non-hydrogen) atoms. The van der Waals surface area contributed by atoms with E-state index in [0.29, 0.717) is 12.1 Å². The van der Waals surface area contributed by atoms with Crippen LogP contribution in [0.1, 0.15) is 35.0 Å². The average Bonchev–Trinajstić information content (AvgIpc) is 2.89. The van der Waals surface area contributed by atoms with Gasteiger partial charge in [-0.1, -0.05) is 13.0 Å². The molecule has 0 aliphatic rings. The van der Waals surface area contributed by atoms with E-state index in [9.17, 15) is 4.79 Å². The Bertz CT molecular complexity index is 491. The summed E-state index contributed by atoms with van der Waals surface area (Å²) in [6, 6.07) is 5.93. The number of rotatable bonds is 5. The van der Waals surface area contributed by atoms with Crippen molar-refractivity contribution in [1.29, 1.82) is 0 Å². The first-order valence-electron chi connectivity index (χ1n) is 5.79. The molecule has 0 amide bonds. The molecule has 88 valence electrons. The fourth-order valence-corrected chi connectivity index (χ4v) is 2.49. The summed E-state index contributed by atoms with van der Waals surface area (Å²) in [4.78, 5) is 16.3. The number of aryl methyl sites for hydroxylation is 2. The van der Waals surface area contributed by atoms with Gasteiger partial charge in [0.1, 0.15) is 5.69 Å². The summed E-state index contributed by atoms with van der Waals surface area (Å²) in [6.07, 6.45) is 3.90. The zero-order chi connectivity index (χ0) is 12.1. The van der Waals surface area contributed by atoms with Crippen molar-refractivity contribution in [2.24, 2.45) is 0 Å². The second-order valence-corrected chi connectivity index (χ2v) is 4.70. The lowest BCUT2D eigenvalue weighted by molar-refractivity contribution is 0.0977. The van der Waals surface area contributed by atoms with Gasteiger partial charge in [0.2, 0.25) is 0 Å². The number of hydrogen-bond acceptors (Lipinski definition) is 3. The summed E-state index contributed by atoms with van der Waals surface area (Å²) in [5, 5.41) is 4.13. The van der Waals surface area contributed by atoms with Crippen LogP contribution in [0.15, 0.2) is 35.2 Å². The maximum absolute atomic E-state index is 12.1. The SMILES string of the molecule is CCc1cccnc1C(=O)CCc1ccsc1. The molecule has 0 fully saturated rings. The number of hydrogen-bond donors (Lipinski definition) is 0. The lowest BCUT2D eigenvalue weighted by Gasteiger charge is -2.04. The molecular formula is C14H15NOS. The zero-order valence-corrected chi connectivity index (χ0v) is 10.7. The van der Waals surface area contributed by atoms with E-state index in [2.05, 4.69) is 16.4 Å². The van der Waals surface area contributed by atoms with Crippen LogP contribution in [0.25, 0.3) is 0 Å². The normalized spacial score (nSPS) is 10.4. The number of aromatic nitrogens is 1. The highest BCUT2D eigenvalue weighted by molar-refractivity contribution is 7.07. The molecule has 2 rings (SSSR count). The lowest BCUT2D eigenvalue weighted by Crippen LogP contribution is -2.07. The van der Waals surface area contributed by atoms with E-state index in [1.54, 1.807) is 17.5 Å². The summed E-state index contributed by atoms with van der Waals surface area (Å²) in [6.45, 7) is 2.05. The molecule has 0 bridgehead atoms. The maximum atomic E-state index is 12.1. The molecule has 0 spiro atoms. The summed E-state index contributed by atoms with van der Waals surface area (Å²) in [5.74, 6) is 0.147. The molecule has 0 saturated heterocycles. The van der Waals surface area contributed by atoms with E-state index in [1.165, 1.54) is 5.56 Å². The van der Waals surface area contributed by atoms with Crippen LogP contribution in [0.2, 0.25) is 0 Å². The van der Waals surface area contributed by atoms with Crippen LogP contribution in [-0.2, 0) is 12.8 Å². The van der Waals surface area contributed by atoms with Crippen molar-refractivity contribution in [3.05, 3.63) is 52.0 Å². The molecule has 0 unspecified atom stereocenters. The monoisotopic (exact) mass is 245 g/mol. The predicted octanol–water partition coefficient (Wildman–Crippen LogP) is 3.52. The van der Waals surface area contributed by atoms with Crippen LogP contribution in [0.4, 0.5) is 0 Å². The fraction of sp³-hybridized carbons (Fsp3) is 0.286. The summed E-state index contributed by atoms with van der Waals surface area (Å²) in [7, 11) is 0. The topological polar surface area (TPSA) is 30.0 Å². The van der Waals surface area contributed by atoms with Crippen molar-refractivity contribution in [2.45, 2.75) is 26.2 Å². The van der Waals surface area contributed by atoms with Crippen LogP contribution in [0.3, 0.4) is 0 Å². The second kappa shape index (κ2) is 5.73. The van der Waals surface area contributed by atoms with Gasteiger partial charge in [-0.05, 0) is 46.9 Å². The molecule has 0 N–H and O–H groups in total. The molecule has 0 aromatic carbocycles. The third kappa shape index (κ3) is 3.01. The van der Waals surface area contributed by atoms with E-state index in [4.69, 9.17) is 0 Å². The predicted molar refractivity (Wildman–Crippen MR) is 70.6 cm³/mol. The Morgan fingerprint density at radius 1 is 1.41 bits per heavy atom. The van der Waals surface area contributed by atoms with Gasteiger partial charge in [0.05, 0.1) is 0 Å². The van der Waals surface area contributed by atoms with Gasteiger partial charge in [-0.2, -0.15) is 11.3 Å². The third-order valence-electron chi connectivity index (χ3n) is 2.76. The molecule has 2 aromatic heterocycles. The van der Waals surface area contributed by atoms with Gasteiger partial charge < -0.3 is 0 Å². The first-order chi connectivity index (χ1) is 8.31. The van der Waals surface area contributed by atoms with Crippen molar-refractivity contribution in [1.82, 2.24) is 4.98 Å². The first-order valence-corrected chi connectivity index (χ1v) is 6.73. The Kier molecular flexibility index (Phi) is 4.04. The van der Waals surface area contributed by atoms with Crippen molar-refractivity contribution in [3.63, 3.8) is 0 Å². The van der Waals surface area contributed by atoms with Crippen molar-refractivity contribution in [3.8, 4) is 0 Å². The molecule has 0 aliphatic carbocycles. The van der Waals surface area contributed by atoms with E-state index in [0.717, 1.165) is 18.4 Å². The van der Waals surface area contributed by atoms with Gasteiger partial charge in [0.15, 0.2) is 5.78 Å². The minimum atomic E-state index is 0.147. The van der Waals surface area contributed by atoms with Gasteiger partial charge in [0, 0.05) is 12.6 Å². The highest BCUT2D eigenvalue weighted by atomic mass is 32.1. The minimum Gasteiger partial charge on any atom is -0.292 e. The molecule has 2 aromatic rings. The number of nitrogens with zero attached hydrogens (tertiary/aromatic N) is 1. The Labute approximate surface area is 105 Å². The molecule has 0 saturated carbocycles. The van der Waals surface area contributed by atoms with E-state index >= 15 is 0 Å². The smallest absolute Gasteiger partial charge is 0.181 e. The quantitative estimate of drug-likeness (QED) is 0.754. The molecule has 3 heteroatoms. The number of thiophene rings is 1. The molecular weight excluding hydrogens is 230 g/mol. The summed E-state index contributed by atoms with van der Waals surface area (Å²) >= 11 is 1.67. The maximum Gasteiger partial charge on any atom is 0.181 e. The lowest BCUT2D eigenvalue weighted by atomic mass is 10.0. The number of pyridine rings is 1. The van der Waals surface area contributed by atoms with Gasteiger partial charge in [-0.3, -0.25) is 9.78 Å². The number of Topliss-reactive ketones (excluding diaryl/α,β-unsaturated/α-hetero) is 1. The largest absolute Gasteiger partial charge is 0.292 e. The Hall–Kier alpha value is -1.48. The van der Waals surface area contributed by atoms with Crippen LogP contribution >= 0.6 is 11.3 Å². The Morgan fingerprint density at radius 2 is 2.29 bits per heavy atom. The number of carbonyl (C=O) groups excluding carboxylic acids is 1. The molecule has 2 heterocycles. The van der Waals surface area contributed by atoms with Crippen LogP contribution in [-0.4, -0.2) is 10.8 Å². The molecule has 0 radical (unpaired) electrons. The Morgan fingerprint density at radius 3 is 3.00 bits per heavy atom. The van der Waals surface area contributed by atoms with Gasteiger partial charge in [0.25, 0.3) is 0 Å². The minimum absolute atomic E-state index is 0.147. The molecule has 0 atom stereocenters. The highest BCUT2D eigenvalue weighted by Gasteiger charge is 2.11. The number of carbonyl (C=O) groups is 1. The zero-order valence-electron chi connectivity index (χ0n) is 9.85. The van der Waals surface area contributed by atoms with Crippen molar-refractivity contribution in [2.75, 3.05) is 0 Å². The van der Waals surface area contributed by atoms with Crippen molar-refractivity contribution >= 4 is 17.1 Å². The van der Waals surface area contributed by atoms with Gasteiger partial charge >= 0.3 is 0 Å². The molecule has 0 aliphatic heterocycles. The van der Waals surface area contributed by atoms with Gasteiger partial charge in [-0.25, -0.2) is 0 Å². The highest BCUT2D eigenvalue weighted by Crippen LogP contribution is 2.13. The first kappa shape index (κ1) is 12.0. The van der Waals surface area contributed by atoms with E-state index < -0.39 is 0 Å². The second-order valence-electron chi connectivity index (χ2n) is 3.92. The third-order valence-corrected chi connectivity index (χ3v) is 3.49. The summed E-state index contributed by atoms with van der Waals surface area (Å²) in [5.41, 5.74) is 2.92. The van der Waals surface area contributed by atoms with Crippen molar-refractivity contribution < 1.29 is 4.79 Å². The van der Waals surface area contributed by atoms with E-state index in [1.807, 2.05) is 24.4 Å². The average molecular weight is 245 g/mol. The Balaban J connectivity index is 2.04. The summed E-state index contributed by atoms with van der Waals surface area (Å²) < 4.78 is 0. The number of ketones is 1.